The summed E-state index contributed by atoms with van der Waals surface area (Å²) in [6.07, 6.45) is 2.87. The van der Waals surface area contributed by atoms with Gasteiger partial charge in [0.15, 0.2) is 0 Å². The van der Waals surface area contributed by atoms with Gasteiger partial charge in [0.1, 0.15) is 10.8 Å². The van der Waals surface area contributed by atoms with Crippen molar-refractivity contribution in [1.82, 2.24) is 9.88 Å². The summed E-state index contributed by atoms with van der Waals surface area (Å²) < 4.78 is 5.79. The molecule has 1 heterocycles. The quantitative estimate of drug-likeness (QED) is 0.758. The van der Waals surface area contributed by atoms with Crippen molar-refractivity contribution >= 4 is 11.3 Å². The first-order valence-electron chi connectivity index (χ1n) is 7.68. The lowest BCUT2D eigenvalue weighted by atomic mass is 10.2. The van der Waals surface area contributed by atoms with Gasteiger partial charge in [0.2, 0.25) is 0 Å². The summed E-state index contributed by atoms with van der Waals surface area (Å²) in [5, 5.41) is 1.01. The fraction of sp³-hybridized carbons (Fsp3) is 0.471. The topological polar surface area (TPSA) is 51.4 Å². The van der Waals surface area contributed by atoms with Crippen LogP contribution in [0.5, 0.6) is 5.75 Å². The minimum Gasteiger partial charge on any atom is -0.494 e. The average molecular weight is 319 g/mol. The first-order valence-corrected chi connectivity index (χ1v) is 8.50. The van der Waals surface area contributed by atoms with E-state index in [1.165, 1.54) is 0 Å². The SMILES string of the molecule is CC(C)N(C)CCCOc1ccc(-c2ncc(CN)s2)cc1. The Morgan fingerprint density at radius 1 is 1.27 bits per heavy atom. The third-order valence-electron chi connectivity index (χ3n) is 3.66. The lowest BCUT2D eigenvalue weighted by molar-refractivity contribution is 0.234. The molecule has 0 fully saturated rings. The molecule has 1 aromatic heterocycles. The fourth-order valence-electron chi connectivity index (χ4n) is 1.99. The van der Waals surface area contributed by atoms with Gasteiger partial charge in [-0.25, -0.2) is 4.98 Å². The zero-order chi connectivity index (χ0) is 15.9. The van der Waals surface area contributed by atoms with Gasteiger partial charge >= 0.3 is 0 Å². The van der Waals surface area contributed by atoms with Crippen LogP contribution in [-0.4, -0.2) is 36.1 Å². The van der Waals surface area contributed by atoms with Crippen LogP contribution in [0.15, 0.2) is 30.5 Å². The number of aromatic nitrogens is 1. The number of thiazole rings is 1. The molecule has 0 atom stereocenters. The highest BCUT2D eigenvalue weighted by Gasteiger charge is 2.05. The van der Waals surface area contributed by atoms with Crippen molar-refractivity contribution in [3.63, 3.8) is 0 Å². The molecule has 0 aliphatic heterocycles. The summed E-state index contributed by atoms with van der Waals surface area (Å²) in [5.74, 6) is 0.909. The summed E-state index contributed by atoms with van der Waals surface area (Å²) in [6.45, 7) is 6.74. The van der Waals surface area contributed by atoms with Gasteiger partial charge in [0, 0.05) is 35.8 Å². The van der Waals surface area contributed by atoms with Gasteiger partial charge in [0.05, 0.1) is 6.61 Å². The van der Waals surface area contributed by atoms with Gasteiger partial charge in [-0.05, 0) is 51.6 Å². The third kappa shape index (κ3) is 4.80. The summed E-state index contributed by atoms with van der Waals surface area (Å²) in [4.78, 5) is 7.82. The van der Waals surface area contributed by atoms with Crippen LogP contribution >= 0.6 is 11.3 Å². The molecule has 0 aliphatic rings. The van der Waals surface area contributed by atoms with E-state index in [2.05, 4.69) is 42.9 Å². The Morgan fingerprint density at radius 3 is 2.59 bits per heavy atom. The van der Waals surface area contributed by atoms with E-state index in [-0.39, 0.29) is 0 Å². The second kappa shape index (κ2) is 8.27. The number of nitrogens with two attached hydrogens (primary N) is 1. The molecule has 22 heavy (non-hydrogen) atoms. The van der Waals surface area contributed by atoms with Gasteiger partial charge in [-0.1, -0.05) is 0 Å². The highest BCUT2D eigenvalue weighted by molar-refractivity contribution is 7.15. The van der Waals surface area contributed by atoms with Crippen molar-refractivity contribution in [3.8, 4) is 16.3 Å². The number of hydrogen-bond acceptors (Lipinski definition) is 5. The van der Waals surface area contributed by atoms with Crippen LogP contribution in [0.3, 0.4) is 0 Å². The number of rotatable bonds is 8. The molecular weight excluding hydrogens is 294 g/mol. The van der Waals surface area contributed by atoms with Crippen LogP contribution in [0.1, 0.15) is 25.1 Å². The van der Waals surface area contributed by atoms with Gasteiger partial charge < -0.3 is 15.4 Å². The van der Waals surface area contributed by atoms with Crippen molar-refractivity contribution in [1.29, 1.82) is 0 Å². The molecule has 0 radical (unpaired) electrons. The van der Waals surface area contributed by atoms with Crippen LogP contribution in [0.25, 0.3) is 10.6 Å². The van der Waals surface area contributed by atoms with Crippen molar-refractivity contribution in [3.05, 3.63) is 35.3 Å². The third-order valence-corrected chi connectivity index (χ3v) is 4.73. The van der Waals surface area contributed by atoms with Crippen LogP contribution in [0.4, 0.5) is 0 Å². The number of ether oxygens (including phenoxy) is 1. The van der Waals surface area contributed by atoms with E-state index < -0.39 is 0 Å². The van der Waals surface area contributed by atoms with E-state index >= 15 is 0 Å². The minimum atomic E-state index is 0.545. The maximum absolute atomic E-state index is 5.79. The second-order valence-corrected chi connectivity index (χ2v) is 6.75. The maximum atomic E-state index is 5.79. The maximum Gasteiger partial charge on any atom is 0.123 e. The molecule has 2 rings (SSSR count). The summed E-state index contributed by atoms with van der Waals surface area (Å²) >= 11 is 1.64. The Bertz CT molecular complexity index is 566. The zero-order valence-electron chi connectivity index (χ0n) is 13.6. The van der Waals surface area contributed by atoms with Crippen LogP contribution in [-0.2, 0) is 6.54 Å². The van der Waals surface area contributed by atoms with Crippen LogP contribution in [0.2, 0.25) is 0 Å². The van der Waals surface area contributed by atoms with E-state index in [4.69, 9.17) is 10.5 Å². The van der Waals surface area contributed by atoms with E-state index in [0.717, 1.165) is 40.8 Å². The highest BCUT2D eigenvalue weighted by atomic mass is 32.1. The number of nitrogens with zero attached hydrogens (tertiary/aromatic N) is 2. The molecule has 2 aromatic rings. The Hall–Kier alpha value is -1.43. The van der Waals surface area contributed by atoms with Crippen molar-refractivity contribution in [2.75, 3.05) is 20.2 Å². The molecule has 5 heteroatoms. The molecule has 0 bridgehead atoms. The number of benzene rings is 1. The van der Waals surface area contributed by atoms with Gasteiger partial charge in [-0.15, -0.1) is 11.3 Å². The smallest absolute Gasteiger partial charge is 0.123 e. The molecular formula is C17H25N3OS. The van der Waals surface area contributed by atoms with Crippen molar-refractivity contribution in [2.24, 2.45) is 5.73 Å². The van der Waals surface area contributed by atoms with Crippen molar-refractivity contribution < 1.29 is 4.74 Å². The minimum absolute atomic E-state index is 0.545. The molecule has 1 aromatic carbocycles. The fourth-order valence-corrected chi connectivity index (χ4v) is 2.79. The van der Waals surface area contributed by atoms with Gasteiger partial charge in [0.25, 0.3) is 0 Å². The molecule has 0 aliphatic carbocycles. The number of hydrogen-bond donors (Lipinski definition) is 1. The predicted molar refractivity (Wildman–Crippen MR) is 93.3 cm³/mol. The average Bonchev–Trinajstić information content (AvgIpc) is 3.01. The molecule has 0 unspecified atom stereocenters. The molecule has 0 saturated carbocycles. The molecule has 0 amide bonds. The largest absolute Gasteiger partial charge is 0.494 e. The summed E-state index contributed by atoms with van der Waals surface area (Å²) in [6, 6.07) is 8.69. The van der Waals surface area contributed by atoms with Gasteiger partial charge in [-0.2, -0.15) is 0 Å². The van der Waals surface area contributed by atoms with E-state index in [1.54, 1.807) is 11.3 Å². The Kier molecular flexibility index (Phi) is 6.36. The monoisotopic (exact) mass is 319 g/mol. The van der Waals surface area contributed by atoms with E-state index in [0.29, 0.717) is 12.6 Å². The first-order chi connectivity index (χ1) is 10.6. The summed E-state index contributed by atoms with van der Waals surface area (Å²) in [5.41, 5.74) is 6.73. The zero-order valence-corrected chi connectivity index (χ0v) is 14.4. The molecule has 4 nitrogen and oxygen atoms in total. The molecule has 0 saturated heterocycles. The highest BCUT2D eigenvalue weighted by Crippen LogP contribution is 2.26. The molecule has 0 spiro atoms. The Morgan fingerprint density at radius 2 is 2.00 bits per heavy atom. The lowest BCUT2D eigenvalue weighted by Crippen LogP contribution is -2.28. The summed E-state index contributed by atoms with van der Waals surface area (Å²) in [7, 11) is 2.14. The lowest BCUT2D eigenvalue weighted by Gasteiger charge is -2.20. The second-order valence-electron chi connectivity index (χ2n) is 5.64. The predicted octanol–water partition coefficient (Wildman–Crippen LogP) is 3.38. The van der Waals surface area contributed by atoms with Crippen molar-refractivity contribution in [2.45, 2.75) is 32.9 Å². The van der Waals surface area contributed by atoms with E-state index in [1.807, 2.05) is 18.3 Å². The Balaban J connectivity index is 1.82. The van der Waals surface area contributed by atoms with Crippen LogP contribution in [0, 0.1) is 0 Å². The molecule has 2 N–H and O–H groups in total. The Labute approximate surface area is 136 Å². The standard InChI is InChI=1S/C17H25N3OS/c1-13(2)20(3)9-4-10-21-15-7-5-14(6-8-15)17-19-12-16(11-18)22-17/h5-8,12-13H,4,9-11,18H2,1-3H3. The first kappa shape index (κ1) is 16.9. The van der Waals surface area contributed by atoms with Gasteiger partial charge in [-0.3, -0.25) is 0 Å². The normalized spacial score (nSPS) is 11.4. The van der Waals surface area contributed by atoms with Crippen LogP contribution < -0.4 is 10.5 Å². The molecule has 120 valence electrons. The van der Waals surface area contributed by atoms with E-state index in [9.17, 15) is 0 Å².